The third kappa shape index (κ3) is 3.13. The van der Waals surface area contributed by atoms with Gasteiger partial charge in [0, 0.05) is 17.1 Å². The van der Waals surface area contributed by atoms with Crippen LogP contribution in [0.2, 0.25) is 0 Å². The molecule has 3 rings (SSSR count). The van der Waals surface area contributed by atoms with E-state index >= 15 is 0 Å². The monoisotopic (exact) mass is 329 g/mol. The van der Waals surface area contributed by atoms with E-state index in [9.17, 15) is 0 Å². The van der Waals surface area contributed by atoms with Gasteiger partial charge in [-0.2, -0.15) is 0 Å². The first-order valence-corrected chi connectivity index (χ1v) is 8.07. The van der Waals surface area contributed by atoms with Gasteiger partial charge in [0.1, 0.15) is 0 Å². The van der Waals surface area contributed by atoms with Crippen LogP contribution in [-0.4, -0.2) is 6.04 Å². The second kappa shape index (κ2) is 6.11. The maximum atomic E-state index is 3.70. The van der Waals surface area contributed by atoms with E-state index in [4.69, 9.17) is 0 Å². The van der Waals surface area contributed by atoms with E-state index in [1.165, 1.54) is 39.6 Å². The van der Waals surface area contributed by atoms with Gasteiger partial charge in [0.25, 0.3) is 0 Å². The second-order valence-corrected chi connectivity index (χ2v) is 6.53. The van der Waals surface area contributed by atoms with E-state index in [2.05, 4.69) is 70.6 Å². The molecule has 1 nitrogen and oxygen atoms in total. The Kier molecular flexibility index (Phi) is 4.23. The summed E-state index contributed by atoms with van der Waals surface area (Å²) in [7, 11) is 0. The Morgan fingerprint density at radius 2 is 1.95 bits per heavy atom. The number of nitrogens with one attached hydrogen (secondary N) is 1. The maximum absolute atomic E-state index is 3.70. The van der Waals surface area contributed by atoms with E-state index < -0.39 is 0 Å². The van der Waals surface area contributed by atoms with Crippen molar-refractivity contribution in [2.45, 2.75) is 38.8 Å². The van der Waals surface area contributed by atoms with Crippen LogP contribution in [-0.2, 0) is 19.4 Å². The molecular weight excluding hydrogens is 310 g/mol. The van der Waals surface area contributed by atoms with E-state index in [0.29, 0.717) is 6.04 Å². The Morgan fingerprint density at radius 1 is 1.15 bits per heavy atom. The SMILES string of the molecule is Cc1ccc(CNC2CCc3ccccc3C2)cc1Br. The van der Waals surface area contributed by atoms with Crippen LogP contribution in [0, 0.1) is 6.92 Å². The number of halogens is 1. The Bertz CT molecular complexity index is 606. The molecule has 1 unspecified atom stereocenters. The van der Waals surface area contributed by atoms with Gasteiger partial charge in [-0.25, -0.2) is 0 Å². The van der Waals surface area contributed by atoms with Crippen molar-refractivity contribution in [1.82, 2.24) is 5.32 Å². The van der Waals surface area contributed by atoms with Gasteiger partial charge in [-0.15, -0.1) is 0 Å². The Morgan fingerprint density at radius 3 is 2.75 bits per heavy atom. The first-order valence-electron chi connectivity index (χ1n) is 7.27. The average molecular weight is 330 g/mol. The molecule has 0 amide bonds. The predicted molar refractivity (Wildman–Crippen MR) is 88.0 cm³/mol. The van der Waals surface area contributed by atoms with Crippen molar-refractivity contribution < 1.29 is 0 Å². The molecular formula is C18H20BrN. The van der Waals surface area contributed by atoms with Crippen LogP contribution in [0.3, 0.4) is 0 Å². The van der Waals surface area contributed by atoms with E-state index in [-0.39, 0.29) is 0 Å². The maximum Gasteiger partial charge on any atom is 0.0208 e. The van der Waals surface area contributed by atoms with Crippen LogP contribution < -0.4 is 5.32 Å². The van der Waals surface area contributed by atoms with E-state index in [1.54, 1.807) is 0 Å². The number of hydrogen-bond donors (Lipinski definition) is 1. The highest BCUT2D eigenvalue weighted by atomic mass is 79.9. The van der Waals surface area contributed by atoms with Gasteiger partial charge in [0.2, 0.25) is 0 Å². The molecule has 0 saturated heterocycles. The molecule has 0 fully saturated rings. The number of hydrogen-bond acceptors (Lipinski definition) is 1. The fourth-order valence-corrected chi connectivity index (χ4v) is 3.31. The first-order chi connectivity index (χ1) is 9.72. The lowest BCUT2D eigenvalue weighted by Gasteiger charge is -2.25. The predicted octanol–water partition coefficient (Wildman–Crippen LogP) is 4.40. The van der Waals surface area contributed by atoms with Gasteiger partial charge in [0.05, 0.1) is 0 Å². The Balaban J connectivity index is 1.61. The van der Waals surface area contributed by atoms with Gasteiger partial charge in [-0.1, -0.05) is 52.3 Å². The van der Waals surface area contributed by atoms with Crippen LogP contribution in [0.1, 0.15) is 28.7 Å². The van der Waals surface area contributed by atoms with Gasteiger partial charge in [0.15, 0.2) is 0 Å². The van der Waals surface area contributed by atoms with Crippen molar-refractivity contribution in [2.24, 2.45) is 0 Å². The number of benzene rings is 2. The minimum Gasteiger partial charge on any atom is -0.310 e. The molecule has 0 radical (unpaired) electrons. The van der Waals surface area contributed by atoms with Crippen LogP contribution >= 0.6 is 15.9 Å². The molecule has 0 saturated carbocycles. The van der Waals surface area contributed by atoms with Crippen molar-refractivity contribution in [3.8, 4) is 0 Å². The molecule has 2 heteroatoms. The summed E-state index contributed by atoms with van der Waals surface area (Å²) in [6, 6.07) is 16.0. The molecule has 0 heterocycles. The van der Waals surface area contributed by atoms with Crippen LogP contribution in [0.5, 0.6) is 0 Å². The van der Waals surface area contributed by atoms with E-state index in [0.717, 1.165) is 13.0 Å². The Labute approximate surface area is 129 Å². The third-order valence-corrected chi connectivity index (χ3v) is 5.03. The highest BCUT2D eigenvalue weighted by molar-refractivity contribution is 9.10. The summed E-state index contributed by atoms with van der Waals surface area (Å²) < 4.78 is 1.20. The second-order valence-electron chi connectivity index (χ2n) is 5.67. The highest BCUT2D eigenvalue weighted by Crippen LogP contribution is 2.22. The molecule has 0 bridgehead atoms. The summed E-state index contributed by atoms with van der Waals surface area (Å²) in [6.45, 7) is 3.07. The molecule has 2 aromatic rings. The van der Waals surface area contributed by atoms with Crippen molar-refractivity contribution in [2.75, 3.05) is 0 Å². The number of fused-ring (bicyclic) bond motifs is 1. The molecule has 0 aliphatic heterocycles. The average Bonchev–Trinajstić information content (AvgIpc) is 2.48. The smallest absolute Gasteiger partial charge is 0.0208 e. The number of aryl methyl sites for hydroxylation is 2. The van der Waals surface area contributed by atoms with Gasteiger partial charge in [-0.3, -0.25) is 0 Å². The molecule has 0 aromatic heterocycles. The topological polar surface area (TPSA) is 12.0 Å². The summed E-state index contributed by atoms with van der Waals surface area (Å²) in [5.74, 6) is 0. The molecule has 104 valence electrons. The molecule has 1 atom stereocenters. The standard InChI is InChI=1S/C18H20BrN/c1-13-6-7-14(10-18(13)19)12-20-17-9-8-15-4-2-3-5-16(15)11-17/h2-7,10,17,20H,8-9,11-12H2,1H3. The molecule has 20 heavy (non-hydrogen) atoms. The zero-order valence-corrected chi connectivity index (χ0v) is 13.4. The summed E-state index contributed by atoms with van der Waals surface area (Å²) in [6.07, 6.45) is 3.60. The molecule has 2 aromatic carbocycles. The minimum atomic E-state index is 0.602. The molecule has 0 spiro atoms. The fourth-order valence-electron chi connectivity index (χ4n) is 2.88. The van der Waals surface area contributed by atoms with Crippen LogP contribution in [0.15, 0.2) is 46.9 Å². The summed E-state index contributed by atoms with van der Waals surface area (Å²) in [5.41, 5.74) is 5.69. The zero-order valence-electron chi connectivity index (χ0n) is 11.8. The van der Waals surface area contributed by atoms with Crippen molar-refractivity contribution in [1.29, 1.82) is 0 Å². The summed E-state index contributed by atoms with van der Waals surface area (Å²) in [4.78, 5) is 0. The lowest BCUT2D eigenvalue weighted by molar-refractivity contribution is 0.457. The van der Waals surface area contributed by atoms with Gasteiger partial charge >= 0.3 is 0 Å². The largest absolute Gasteiger partial charge is 0.310 e. The van der Waals surface area contributed by atoms with Crippen molar-refractivity contribution in [3.63, 3.8) is 0 Å². The third-order valence-electron chi connectivity index (χ3n) is 4.18. The zero-order chi connectivity index (χ0) is 13.9. The lowest BCUT2D eigenvalue weighted by Crippen LogP contribution is -2.34. The van der Waals surface area contributed by atoms with Crippen LogP contribution in [0.25, 0.3) is 0 Å². The molecule has 1 N–H and O–H groups in total. The molecule has 1 aliphatic carbocycles. The Hall–Kier alpha value is -1.12. The first kappa shape index (κ1) is 13.8. The highest BCUT2D eigenvalue weighted by Gasteiger charge is 2.17. The normalized spacial score (nSPS) is 17.8. The lowest BCUT2D eigenvalue weighted by atomic mass is 9.88. The molecule has 1 aliphatic rings. The number of rotatable bonds is 3. The summed E-state index contributed by atoms with van der Waals surface area (Å²) in [5, 5.41) is 3.70. The van der Waals surface area contributed by atoms with Gasteiger partial charge in [-0.05, 0) is 54.5 Å². The minimum absolute atomic E-state index is 0.602. The van der Waals surface area contributed by atoms with E-state index in [1.807, 2.05) is 0 Å². The van der Waals surface area contributed by atoms with Crippen molar-refractivity contribution >= 4 is 15.9 Å². The quantitative estimate of drug-likeness (QED) is 0.879. The summed E-state index contributed by atoms with van der Waals surface area (Å²) >= 11 is 3.61. The van der Waals surface area contributed by atoms with Crippen molar-refractivity contribution in [3.05, 3.63) is 69.2 Å². The fraction of sp³-hybridized carbons (Fsp3) is 0.333. The van der Waals surface area contributed by atoms with Crippen LogP contribution in [0.4, 0.5) is 0 Å². The van der Waals surface area contributed by atoms with Gasteiger partial charge < -0.3 is 5.32 Å².